The van der Waals surface area contributed by atoms with E-state index in [1.54, 1.807) is 36.1 Å². The molecule has 0 N–H and O–H groups in total. The lowest BCUT2D eigenvalue weighted by atomic mass is 10.1. The van der Waals surface area contributed by atoms with Crippen LogP contribution in [-0.4, -0.2) is 36.0 Å². The lowest BCUT2D eigenvalue weighted by molar-refractivity contribution is 0.0565. The number of benzene rings is 1. The van der Waals surface area contributed by atoms with E-state index in [9.17, 15) is 9.59 Å². The van der Waals surface area contributed by atoms with Gasteiger partial charge >= 0.3 is 6.09 Å². The topological polar surface area (TPSA) is 46.6 Å². The first-order valence-corrected chi connectivity index (χ1v) is 6.23. The van der Waals surface area contributed by atoms with E-state index in [0.29, 0.717) is 5.56 Å². The van der Waals surface area contributed by atoms with Gasteiger partial charge in [0.05, 0.1) is 0 Å². The first kappa shape index (κ1) is 12.6. The summed E-state index contributed by atoms with van der Waals surface area (Å²) >= 11 is 0. The van der Waals surface area contributed by atoms with Gasteiger partial charge in [0, 0.05) is 18.7 Å². The zero-order chi connectivity index (χ0) is 13.0. The molecular formula is C14H17NO3. The molecule has 96 valence electrons. The minimum Gasteiger partial charge on any atom is -0.438 e. The van der Waals surface area contributed by atoms with Crippen molar-refractivity contribution in [1.82, 2.24) is 4.90 Å². The number of hydrogen-bond donors (Lipinski definition) is 0. The molecule has 2 rings (SSSR count). The molecule has 1 aliphatic heterocycles. The van der Waals surface area contributed by atoms with Crippen molar-refractivity contribution < 1.29 is 14.3 Å². The molecule has 4 heteroatoms. The Bertz CT molecular complexity index is 424. The van der Waals surface area contributed by atoms with Crippen molar-refractivity contribution in [3.63, 3.8) is 0 Å². The van der Waals surface area contributed by atoms with E-state index >= 15 is 0 Å². The van der Waals surface area contributed by atoms with Crippen LogP contribution in [0, 0.1) is 0 Å². The zero-order valence-corrected chi connectivity index (χ0v) is 10.5. The van der Waals surface area contributed by atoms with E-state index in [1.165, 1.54) is 0 Å². The Morgan fingerprint density at radius 2 is 1.78 bits per heavy atom. The van der Waals surface area contributed by atoms with Gasteiger partial charge < -0.3 is 9.64 Å². The number of ketones is 1. The van der Waals surface area contributed by atoms with Gasteiger partial charge in [0.25, 0.3) is 0 Å². The van der Waals surface area contributed by atoms with Gasteiger partial charge in [0.15, 0.2) is 6.10 Å². The van der Waals surface area contributed by atoms with Gasteiger partial charge in [-0.1, -0.05) is 30.3 Å². The molecule has 1 amide bonds. The summed E-state index contributed by atoms with van der Waals surface area (Å²) in [5, 5.41) is 0. The van der Waals surface area contributed by atoms with Crippen LogP contribution < -0.4 is 0 Å². The van der Waals surface area contributed by atoms with Crippen LogP contribution in [0.4, 0.5) is 4.79 Å². The number of hydrogen-bond acceptors (Lipinski definition) is 3. The first-order valence-electron chi connectivity index (χ1n) is 6.23. The Morgan fingerprint density at radius 1 is 1.17 bits per heavy atom. The monoisotopic (exact) mass is 247 g/mol. The van der Waals surface area contributed by atoms with Crippen molar-refractivity contribution in [1.29, 1.82) is 0 Å². The van der Waals surface area contributed by atoms with E-state index in [0.717, 1.165) is 25.9 Å². The number of nitrogens with zero attached hydrogens (tertiary/aromatic N) is 1. The Labute approximate surface area is 107 Å². The maximum absolute atomic E-state index is 12.0. The highest BCUT2D eigenvalue weighted by molar-refractivity contribution is 6.00. The van der Waals surface area contributed by atoms with Crippen molar-refractivity contribution in [3.05, 3.63) is 35.9 Å². The number of Topliss-reactive ketones (excluding diaryl/α,β-unsaturated/α-hetero) is 1. The molecule has 1 saturated heterocycles. The average Bonchev–Trinajstić information content (AvgIpc) is 2.92. The number of rotatable bonds is 3. The lowest BCUT2D eigenvalue weighted by Crippen LogP contribution is -2.34. The van der Waals surface area contributed by atoms with Crippen molar-refractivity contribution in [3.8, 4) is 0 Å². The average molecular weight is 247 g/mol. The van der Waals surface area contributed by atoms with Gasteiger partial charge in [0.2, 0.25) is 5.78 Å². The predicted molar refractivity (Wildman–Crippen MR) is 67.5 cm³/mol. The number of ether oxygens (including phenoxy) is 1. The van der Waals surface area contributed by atoms with E-state index in [-0.39, 0.29) is 11.9 Å². The molecule has 1 aromatic rings. The van der Waals surface area contributed by atoms with Gasteiger partial charge in [-0.25, -0.2) is 4.79 Å². The third kappa shape index (κ3) is 2.88. The lowest BCUT2D eigenvalue weighted by Gasteiger charge is -2.18. The molecular weight excluding hydrogens is 230 g/mol. The summed E-state index contributed by atoms with van der Waals surface area (Å²) in [4.78, 5) is 25.4. The smallest absolute Gasteiger partial charge is 0.410 e. The fraction of sp³-hybridized carbons (Fsp3) is 0.429. The fourth-order valence-electron chi connectivity index (χ4n) is 2.02. The zero-order valence-electron chi connectivity index (χ0n) is 10.5. The molecule has 4 nitrogen and oxygen atoms in total. The molecule has 1 atom stereocenters. The molecule has 1 aliphatic rings. The summed E-state index contributed by atoms with van der Waals surface area (Å²) in [5.41, 5.74) is 0.569. The Balaban J connectivity index is 1.93. The van der Waals surface area contributed by atoms with Crippen LogP contribution in [0.5, 0.6) is 0 Å². The van der Waals surface area contributed by atoms with Gasteiger partial charge in [-0.2, -0.15) is 0 Å². The predicted octanol–water partition coefficient (Wildman–Crippen LogP) is 2.49. The van der Waals surface area contributed by atoms with Gasteiger partial charge in [-0.3, -0.25) is 4.79 Å². The first-order chi connectivity index (χ1) is 8.68. The van der Waals surface area contributed by atoms with Gasteiger partial charge in [-0.15, -0.1) is 0 Å². The third-order valence-electron chi connectivity index (χ3n) is 3.07. The van der Waals surface area contributed by atoms with Gasteiger partial charge in [0.1, 0.15) is 0 Å². The summed E-state index contributed by atoms with van der Waals surface area (Å²) in [6.45, 7) is 3.07. The Kier molecular flexibility index (Phi) is 3.97. The maximum Gasteiger partial charge on any atom is 0.410 e. The van der Waals surface area contributed by atoms with Crippen LogP contribution in [0.2, 0.25) is 0 Å². The van der Waals surface area contributed by atoms with Crippen molar-refractivity contribution in [2.45, 2.75) is 25.9 Å². The van der Waals surface area contributed by atoms with Crippen LogP contribution >= 0.6 is 0 Å². The summed E-state index contributed by atoms with van der Waals surface area (Å²) in [5.74, 6) is -0.164. The van der Waals surface area contributed by atoms with Crippen molar-refractivity contribution >= 4 is 11.9 Å². The van der Waals surface area contributed by atoms with Crippen LogP contribution in [0.3, 0.4) is 0 Å². The minimum absolute atomic E-state index is 0.164. The summed E-state index contributed by atoms with van der Waals surface area (Å²) in [6.07, 6.45) is 0.899. The number of carbonyl (C=O) groups excluding carboxylic acids is 2. The quantitative estimate of drug-likeness (QED) is 0.771. The van der Waals surface area contributed by atoms with E-state index < -0.39 is 6.10 Å². The minimum atomic E-state index is -0.736. The molecule has 18 heavy (non-hydrogen) atoms. The molecule has 0 aromatic heterocycles. The molecule has 0 spiro atoms. The van der Waals surface area contributed by atoms with E-state index in [4.69, 9.17) is 4.74 Å². The summed E-state index contributed by atoms with van der Waals surface area (Å²) < 4.78 is 5.19. The maximum atomic E-state index is 12.0. The second-order valence-corrected chi connectivity index (χ2v) is 4.45. The Hall–Kier alpha value is -1.84. The number of carbonyl (C=O) groups is 2. The van der Waals surface area contributed by atoms with Crippen LogP contribution in [0.25, 0.3) is 0 Å². The molecule has 1 heterocycles. The van der Waals surface area contributed by atoms with Crippen molar-refractivity contribution in [2.75, 3.05) is 13.1 Å². The van der Waals surface area contributed by atoms with Crippen LogP contribution in [0.15, 0.2) is 30.3 Å². The largest absolute Gasteiger partial charge is 0.438 e. The van der Waals surface area contributed by atoms with Crippen LogP contribution in [0.1, 0.15) is 30.1 Å². The fourth-order valence-corrected chi connectivity index (χ4v) is 2.02. The summed E-state index contributed by atoms with van der Waals surface area (Å²) in [6, 6.07) is 8.88. The second-order valence-electron chi connectivity index (χ2n) is 4.45. The molecule has 0 saturated carbocycles. The standard InChI is InChI=1S/C14H17NO3/c1-11(13(16)12-7-3-2-4-8-12)18-14(17)15-9-5-6-10-15/h2-4,7-8,11H,5-6,9-10H2,1H3. The molecule has 0 bridgehead atoms. The molecule has 1 unspecified atom stereocenters. The molecule has 0 radical (unpaired) electrons. The SMILES string of the molecule is CC(OC(=O)N1CCCC1)C(=O)c1ccccc1. The normalized spacial score (nSPS) is 16.4. The Morgan fingerprint density at radius 3 is 2.39 bits per heavy atom. The second kappa shape index (κ2) is 5.67. The summed E-state index contributed by atoms with van der Waals surface area (Å²) in [7, 11) is 0. The molecule has 1 aromatic carbocycles. The van der Waals surface area contributed by atoms with Crippen LogP contribution in [-0.2, 0) is 4.74 Å². The highest BCUT2D eigenvalue weighted by Crippen LogP contribution is 2.12. The molecule has 1 fully saturated rings. The van der Waals surface area contributed by atoms with E-state index in [2.05, 4.69) is 0 Å². The number of amides is 1. The highest BCUT2D eigenvalue weighted by atomic mass is 16.6. The van der Waals surface area contributed by atoms with Crippen molar-refractivity contribution in [2.24, 2.45) is 0 Å². The van der Waals surface area contributed by atoms with Gasteiger partial charge in [-0.05, 0) is 19.8 Å². The highest BCUT2D eigenvalue weighted by Gasteiger charge is 2.24. The number of likely N-dealkylation sites (tertiary alicyclic amines) is 1. The van der Waals surface area contributed by atoms with E-state index in [1.807, 2.05) is 6.07 Å². The molecule has 0 aliphatic carbocycles. The third-order valence-corrected chi connectivity index (χ3v) is 3.07.